The number of carbonyl (C=O) groups excluding carboxylic acids is 1. The lowest BCUT2D eigenvalue weighted by Crippen LogP contribution is -2.50. The van der Waals surface area contributed by atoms with Crippen molar-refractivity contribution < 1.29 is 14.7 Å². The van der Waals surface area contributed by atoms with Gasteiger partial charge in [-0.15, -0.1) is 0 Å². The number of hydrogen-bond donors (Lipinski definition) is 2. The zero-order valence-corrected chi connectivity index (χ0v) is 13.4. The second-order valence-corrected chi connectivity index (χ2v) is 5.99. The first-order chi connectivity index (χ1) is 11.0. The van der Waals surface area contributed by atoms with Gasteiger partial charge in [0, 0.05) is 55.3 Å². The molecule has 122 valence electrons. The second kappa shape index (κ2) is 6.04. The Bertz CT molecular complexity index is 745. The molecule has 1 atom stereocenters. The number of benzene rings is 1. The SMILES string of the molecule is CC(=O)N1CCN(C(C(=O)O)c2c(C)[nH]c3ccccc23)CC1. The van der Waals surface area contributed by atoms with Gasteiger partial charge >= 0.3 is 5.97 Å². The van der Waals surface area contributed by atoms with E-state index >= 15 is 0 Å². The Morgan fingerprint density at radius 2 is 1.83 bits per heavy atom. The van der Waals surface area contributed by atoms with Gasteiger partial charge < -0.3 is 15.0 Å². The lowest BCUT2D eigenvalue weighted by atomic mass is 10.0. The number of hydrogen-bond acceptors (Lipinski definition) is 3. The van der Waals surface area contributed by atoms with Crippen molar-refractivity contribution in [2.24, 2.45) is 0 Å². The molecular formula is C17H21N3O3. The second-order valence-electron chi connectivity index (χ2n) is 5.99. The number of rotatable bonds is 3. The van der Waals surface area contributed by atoms with Crippen molar-refractivity contribution in [2.75, 3.05) is 26.2 Å². The van der Waals surface area contributed by atoms with Crippen LogP contribution in [0.15, 0.2) is 24.3 Å². The van der Waals surface area contributed by atoms with Crippen molar-refractivity contribution >= 4 is 22.8 Å². The van der Waals surface area contributed by atoms with E-state index in [9.17, 15) is 14.7 Å². The molecule has 1 aromatic carbocycles. The van der Waals surface area contributed by atoms with Gasteiger partial charge in [-0.1, -0.05) is 18.2 Å². The average molecular weight is 315 g/mol. The first-order valence-corrected chi connectivity index (χ1v) is 7.78. The molecule has 1 saturated heterocycles. The van der Waals surface area contributed by atoms with Gasteiger partial charge in [-0.25, -0.2) is 0 Å². The van der Waals surface area contributed by atoms with Crippen molar-refractivity contribution in [3.05, 3.63) is 35.5 Å². The van der Waals surface area contributed by atoms with Gasteiger partial charge in [-0.05, 0) is 13.0 Å². The summed E-state index contributed by atoms with van der Waals surface area (Å²) in [5.41, 5.74) is 2.66. The third-order valence-electron chi connectivity index (χ3n) is 4.58. The smallest absolute Gasteiger partial charge is 0.325 e. The summed E-state index contributed by atoms with van der Waals surface area (Å²) >= 11 is 0. The number of nitrogens with zero attached hydrogens (tertiary/aromatic N) is 2. The minimum absolute atomic E-state index is 0.0415. The zero-order chi connectivity index (χ0) is 16.6. The largest absolute Gasteiger partial charge is 0.480 e. The third kappa shape index (κ3) is 2.82. The number of amides is 1. The fourth-order valence-electron chi connectivity index (χ4n) is 3.41. The molecule has 0 radical (unpaired) electrons. The van der Waals surface area contributed by atoms with Crippen LogP contribution in [0.25, 0.3) is 10.9 Å². The van der Waals surface area contributed by atoms with Crippen molar-refractivity contribution in [1.82, 2.24) is 14.8 Å². The van der Waals surface area contributed by atoms with Crippen LogP contribution in [0.4, 0.5) is 0 Å². The highest BCUT2D eigenvalue weighted by Gasteiger charge is 2.33. The summed E-state index contributed by atoms with van der Waals surface area (Å²) in [7, 11) is 0. The molecule has 6 nitrogen and oxygen atoms in total. The minimum Gasteiger partial charge on any atom is -0.480 e. The van der Waals surface area contributed by atoms with Crippen LogP contribution in [-0.4, -0.2) is 57.9 Å². The number of fused-ring (bicyclic) bond motifs is 1. The zero-order valence-electron chi connectivity index (χ0n) is 13.4. The molecule has 1 unspecified atom stereocenters. The summed E-state index contributed by atoms with van der Waals surface area (Å²) in [5, 5.41) is 10.8. The third-order valence-corrected chi connectivity index (χ3v) is 4.58. The Morgan fingerprint density at radius 1 is 1.17 bits per heavy atom. The molecule has 23 heavy (non-hydrogen) atoms. The molecule has 6 heteroatoms. The van der Waals surface area contributed by atoms with Crippen LogP contribution in [0.2, 0.25) is 0 Å². The Morgan fingerprint density at radius 3 is 2.43 bits per heavy atom. The van der Waals surface area contributed by atoms with Crippen LogP contribution in [0, 0.1) is 6.92 Å². The monoisotopic (exact) mass is 315 g/mol. The van der Waals surface area contributed by atoms with Crippen LogP contribution in [0.5, 0.6) is 0 Å². The maximum atomic E-state index is 12.0. The van der Waals surface area contributed by atoms with Gasteiger partial charge in [0.25, 0.3) is 0 Å². The fourth-order valence-corrected chi connectivity index (χ4v) is 3.41. The molecule has 1 aliphatic rings. The molecule has 2 heterocycles. The van der Waals surface area contributed by atoms with E-state index in [4.69, 9.17) is 0 Å². The van der Waals surface area contributed by atoms with E-state index in [1.807, 2.05) is 36.1 Å². The Kier molecular flexibility index (Phi) is 4.09. The molecule has 1 fully saturated rings. The molecule has 0 bridgehead atoms. The highest BCUT2D eigenvalue weighted by Crippen LogP contribution is 2.32. The number of nitrogens with one attached hydrogen (secondary N) is 1. The standard InChI is InChI=1S/C17H21N3O3/c1-11-15(13-5-3-4-6-14(13)18-11)16(17(22)23)20-9-7-19(8-10-20)12(2)21/h3-6,16,18H,7-10H2,1-2H3,(H,22,23). The summed E-state index contributed by atoms with van der Waals surface area (Å²) in [6.45, 7) is 5.73. The molecule has 2 N–H and O–H groups in total. The maximum absolute atomic E-state index is 12.0. The summed E-state index contributed by atoms with van der Waals surface area (Å²) < 4.78 is 0. The van der Waals surface area contributed by atoms with Crippen LogP contribution in [-0.2, 0) is 9.59 Å². The van der Waals surface area contributed by atoms with Crippen molar-refractivity contribution in [1.29, 1.82) is 0 Å². The van der Waals surface area contributed by atoms with E-state index in [2.05, 4.69) is 4.98 Å². The van der Waals surface area contributed by atoms with E-state index in [0.717, 1.165) is 22.2 Å². The topological polar surface area (TPSA) is 76.6 Å². The van der Waals surface area contributed by atoms with Gasteiger partial charge in [-0.2, -0.15) is 0 Å². The maximum Gasteiger partial charge on any atom is 0.325 e. The number of aryl methyl sites for hydroxylation is 1. The lowest BCUT2D eigenvalue weighted by molar-refractivity contribution is -0.145. The van der Waals surface area contributed by atoms with Crippen molar-refractivity contribution in [2.45, 2.75) is 19.9 Å². The van der Waals surface area contributed by atoms with Crippen molar-refractivity contribution in [3.63, 3.8) is 0 Å². The summed E-state index contributed by atoms with van der Waals surface area (Å²) in [4.78, 5) is 30.4. The number of aromatic nitrogens is 1. The number of carbonyl (C=O) groups is 2. The quantitative estimate of drug-likeness (QED) is 0.905. The number of aliphatic carboxylic acids is 1. The number of carboxylic acids is 1. The molecule has 3 rings (SSSR count). The minimum atomic E-state index is -0.853. The lowest BCUT2D eigenvalue weighted by Gasteiger charge is -2.37. The first-order valence-electron chi connectivity index (χ1n) is 7.78. The first kappa shape index (κ1) is 15.6. The van der Waals surface area contributed by atoms with Gasteiger partial charge in [-0.3, -0.25) is 14.5 Å². The highest BCUT2D eigenvalue weighted by atomic mass is 16.4. The molecule has 0 saturated carbocycles. The highest BCUT2D eigenvalue weighted by molar-refractivity contribution is 5.90. The molecular weight excluding hydrogens is 294 g/mol. The van der Waals surface area contributed by atoms with E-state index in [1.54, 1.807) is 11.8 Å². The van der Waals surface area contributed by atoms with Crippen molar-refractivity contribution in [3.8, 4) is 0 Å². The van der Waals surface area contributed by atoms with Gasteiger partial charge in [0.2, 0.25) is 5.91 Å². The Balaban J connectivity index is 1.95. The van der Waals surface area contributed by atoms with Crippen LogP contribution >= 0.6 is 0 Å². The van der Waals surface area contributed by atoms with E-state index in [1.165, 1.54) is 0 Å². The van der Waals surface area contributed by atoms with Gasteiger partial charge in [0.15, 0.2) is 0 Å². The van der Waals surface area contributed by atoms with E-state index in [0.29, 0.717) is 26.2 Å². The van der Waals surface area contributed by atoms with Gasteiger partial charge in [0.1, 0.15) is 6.04 Å². The summed E-state index contributed by atoms with van der Waals surface area (Å²) in [5.74, 6) is -0.811. The molecule has 2 aromatic rings. The number of H-pyrrole nitrogens is 1. The molecule has 1 amide bonds. The van der Waals surface area contributed by atoms with E-state index < -0.39 is 12.0 Å². The Hall–Kier alpha value is -2.34. The average Bonchev–Trinajstić information content (AvgIpc) is 2.84. The summed E-state index contributed by atoms with van der Waals surface area (Å²) in [6.07, 6.45) is 0. The van der Waals surface area contributed by atoms with Crippen LogP contribution < -0.4 is 0 Å². The van der Waals surface area contributed by atoms with Crippen LogP contribution in [0.1, 0.15) is 24.2 Å². The molecule has 0 aliphatic carbocycles. The molecule has 0 spiro atoms. The normalized spacial score (nSPS) is 17.4. The Labute approximate surface area is 134 Å². The number of aromatic amines is 1. The van der Waals surface area contributed by atoms with E-state index in [-0.39, 0.29) is 5.91 Å². The predicted octanol–water partition coefficient (Wildman–Crippen LogP) is 1.77. The summed E-state index contributed by atoms with van der Waals surface area (Å²) in [6, 6.07) is 7.07. The number of carboxylic acid groups (broad SMARTS) is 1. The predicted molar refractivity (Wildman–Crippen MR) is 87.2 cm³/mol. The fraction of sp³-hybridized carbons (Fsp3) is 0.412. The number of para-hydroxylation sites is 1. The van der Waals surface area contributed by atoms with Gasteiger partial charge in [0.05, 0.1) is 0 Å². The molecule has 1 aliphatic heterocycles. The molecule has 1 aromatic heterocycles. The van der Waals surface area contributed by atoms with Crippen LogP contribution in [0.3, 0.4) is 0 Å². The number of piperazine rings is 1.